The summed E-state index contributed by atoms with van der Waals surface area (Å²) in [6, 6.07) is 7.41. The summed E-state index contributed by atoms with van der Waals surface area (Å²) in [7, 11) is 0. The number of carbonyl (C=O) groups is 2. The average molecular weight is 352 g/mol. The van der Waals surface area contributed by atoms with Crippen LogP contribution in [0, 0.1) is 0 Å². The zero-order chi connectivity index (χ0) is 15.0. The largest absolute Gasteiger partial charge is 0.465 e. The van der Waals surface area contributed by atoms with E-state index in [1.807, 2.05) is 18.2 Å². The summed E-state index contributed by atoms with van der Waals surface area (Å²) in [5.74, 6) is -0.209. The molecule has 21 heavy (non-hydrogen) atoms. The highest BCUT2D eigenvalue weighted by atomic mass is 79.9. The lowest BCUT2D eigenvalue weighted by molar-refractivity contribution is 0.0931. The number of nitrogens with one attached hydrogen (secondary N) is 2. The molecule has 1 aliphatic rings. The summed E-state index contributed by atoms with van der Waals surface area (Å²) in [5, 5.41) is 12.7. The van der Waals surface area contributed by atoms with E-state index in [9.17, 15) is 9.59 Å². The third-order valence-corrected chi connectivity index (χ3v) is 4.12. The highest BCUT2D eigenvalue weighted by Crippen LogP contribution is 2.20. The monoisotopic (exact) mass is 351 g/mol. The first-order valence-corrected chi connectivity index (χ1v) is 7.39. The van der Waals surface area contributed by atoms with Gasteiger partial charge in [-0.1, -0.05) is 22.0 Å². The van der Waals surface area contributed by atoms with Crippen LogP contribution in [0.15, 0.2) is 28.7 Å². The second-order valence-corrected chi connectivity index (χ2v) is 6.02. The molecule has 0 saturated carbocycles. The summed E-state index contributed by atoms with van der Waals surface area (Å²) in [4.78, 5) is 27.5. The van der Waals surface area contributed by atoms with Gasteiger partial charge in [-0.05, 0) is 24.6 Å². The molecule has 1 aliphatic heterocycles. The fourth-order valence-corrected chi connectivity index (χ4v) is 2.90. The number of carboxylic acid groups (broad SMARTS) is 1. The Balaban J connectivity index is 1.71. The van der Waals surface area contributed by atoms with Crippen LogP contribution < -0.4 is 5.32 Å². The summed E-state index contributed by atoms with van der Waals surface area (Å²) in [6.45, 7) is 0.798. The quantitative estimate of drug-likeness (QED) is 0.776. The molecule has 1 aromatic carbocycles. The van der Waals surface area contributed by atoms with Gasteiger partial charge in [0.05, 0.1) is 0 Å². The van der Waals surface area contributed by atoms with Gasteiger partial charge >= 0.3 is 6.09 Å². The first-order valence-electron chi connectivity index (χ1n) is 6.60. The SMILES string of the molecule is O=C(NC1CCN(C(=O)O)C1)c1cc2ccc(Br)cc2[nH]1. The Morgan fingerprint density at radius 2 is 2.19 bits per heavy atom. The minimum atomic E-state index is -0.942. The Labute approximate surface area is 129 Å². The van der Waals surface area contributed by atoms with Gasteiger partial charge in [0.2, 0.25) is 0 Å². The van der Waals surface area contributed by atoms with Gasteiger partial charge in [-0.3, -0.25) is 4.79 Å². The lowest BCUT2D eigenvalue weighted by atomic mass is 10.2. The number of carbonyl (C=O) groups excluding carboxylic acids is 1. The number of halogens is 1. The molecule has 1 unspecified atom stereocenters. The van der Waals surface area contributed by atoms with E-state index in [0.29, 0.717) is 25.2 Å². The fourth-order valence-electron chi connectivity index (χ4n) is 2.54. The highest BCUT2D eigenvalue weighted by molar-refractivity contribution is 9.10. The van der Waals surface area contributed by atoms with E-state index in [1.54, 1.807) is 6.07 Å². The molecule has 110 valence electrons. The van der Waals surface area contributed by atoms with E-state index in [2.05, 4.69) is 26.2 Å². The van der Waals surface area contributed by atoms with Gasteiger partial charge in [-0.15, -0.1) is 0 Å². The van der Waals surface area contributed by atoms with E-state index in [0.717, 1.165) is 15.4 Å². The summed E-state index contributed by atoms with van der Waals surface area (Å²) >= 11 is 3.39. The van der Waals surface area contributed by atoms with Gasteiger partial charge < -0.3 is 20.3 Å². The maximum atomic E-state index is 12.2. The molecule has 7 heteroatoms. The maximum absolute atomic E-state index is 12.2. The van der Waals surface area contributed by atoms with Crippen LogP contribution in [-0.2, 0) is 0 Å². The fraction of sp³-hybridized carbons (Fsp3) is 0.286. The Hall–Kier alpha value is -2.02. The number of aromatic amines is 1. The van der Waals surface area contributed by atoms with E-state index >= 15 is 0 Å². The van der Waals surface area contributed by atoms with E-state index in [-0.39, 0.29) is 11.9 Å². The van der Waals surface area contributed by atoms with Crippen LogP contribution >= 0.6 is 15.9 Å². The molecule has 2 aromatic rings. The number of nitrogens with zero attached hydrogens (tertiary/aromatic N) is 1. The van der Waals surface area contributed by atoms with Crippen molar-refractivity contribution in [2.75, 3.05) is 13.1 Å². The Morgan fingerprint density at radius 1 is 1.38 bits per heavy atom. The van der Waals surface area contributed by atoms with Crippen molar-refractivity contribution in [2.45, 2.75) is 12.5 Å². The third kappa shape index (κ3) is 2.87. The first-order chi connectivity index (χ1) is 10.0. The lowest BCUT2D eigenvalue weighted by Gasteiger charge is -2.13. The van der Waals surface area contributed by atoms with E-state index < -0.39 is 6.09 Å². The van der Waals surface area contributed by atoms with Crippen LogP contribution in [0.1, 0.15) is 16.9 Å². The number of amides is 2. The predicted octanol–water partition coefficient (Wildman–Crippen LogP) is 2.41. The highest BCUT2D eigenvalue weighted by Gasteiger charge is 2.27. The van der Waals surface area contributed by atoms with Gasteiger partial charge in [-0.25, -0.2) is 4.79 Å². The smallest absolute Gasteiger partial charge is 0.407 e. The second-order valence-electron chi connectivity index (χ2n) is 5.10. The number of hydrogen-bond donors (Lipinski definition) is 3. The standard InChI is InChI=1S/C14H14BrN3O3/c15-9-2-1-8-5-12(17-11(8)6-9)13(19)16-10-3-4-18(7-10)14(20)21/h1-2,5-6,10,17H,3-4,7H2,(H,16,19)(H,20,21). The average Bonchev–Trinajstić information content (AvgIpc) is 3.04. The third-order valence-electron chi connectivity index (χ3n) is 3.62. The number of aromatic nitrogens is 1. The van der Waals surface area contributed by atoms with Crippen LogP contribution in [0.5, 0.6) is 0 Å². The number of H-pyrrole nitrogens is 1. The zero-order valence-corrected chi connectivity index (χ0v) is 12.7. The van der Waals surface area contributed by atoms with Gasteiger partial charge in [0.15, 0.2) is 0 Å². The van der Waals surface area contributed by atoms with Crippen molar-refractivity contribution in [1.82, 2.24) is 15.2 Å². The minimum Gasteiger partial charge on any atom is -0.465 e. The van der Waals surface area contributed by atoms with Crippen LogP contribution in [0.25, 0.3) is 10.9 Å². The van der Waals surface area contributed by atoms with Crippen molar-refractivity contribution < 1.29 is 14.7 Å². The van der Waals surface area contributed by atoms with Crippen molar-refractivity contribution in [3.05, 3.63) is 34.4 Å². The maximum Gasteiger partial charge on any atom is 0.407 e. The molecule has 2 amide bonds. The Morgan fingerprint density at radius 3 is 2.90 bits per heavy atom. The topological polar surface area (TPSA) is 85.4 Å². The molecule has 6 nitrogen and oxygen atoms in total. The van der Waals surface area contributed by atoms with Gasteiger partial charge in [0, 0.05) is 34.5 Å². The zero-order valence-electron chi connectivity index (χ0n) is 11.1. The molecule has 0 spiro atoms. The molecule has 3 rings (SSSR count). The molecule has 0 aliphatic carbocycles. The van der Waals surface area contributed by atoms with E-state index in [4.69, 9.17) is 5.11 Å². The minimum absolute atomic E-state index is 0.133. The lowest BCUT2D eigenvalue weighted by Crippen LogP contribution is -2.38. The van der Waals surface area contributed by atoms with Crippen molar-refractivity contribution in [3.8, 4) is 0 Å². The van der Waals surface area contributed by atoms with Crippen molar-refractivity contribution in [1.29, 1.82) is 0 Å². The number of hydrogen-bond acceptors (Lipinski definition) is 2. The van der Waals surface area contributed by atoms with Gasteiger partial charge in [0.1, 0.15) is 5.69 Å². The summed E-state index contributed by atoms with van der Waals surface area (Å²) in [5.41, 5.74) is 1.37. The van der Waals surface area contributed by atoms with Crippen LogP contribution in [0.2, 0.25) is 0 Å². The van der Waals surface area contributed by atoms with Crippen molar-refractivity contribution in [2.24, 2.45) is 0 Å². The van der Waals surface area contributed by atoms with Crippen LogP contribution in [0.3, 0.4) is 0 Å². The molecular formula is C14H14BrN3O3. The molecule has 2 heterocycles. The van der Waals surface area contributed by atoms with Crippen molar-refractivity contribution >= 4 is 38.8 Å². The summed E-state index contributed by atoms with van der Waals surface area (Å²) < 4.78 is 0.941. The number of fused-ring (bicyclic) bond motifs is 1. The Bertz CT molecular complexity index is 713. The Kier molecular flexibility index (Phi) is 3.59. The molecular weight excluding hydrogens is 338 g/mol. The molecule has 0 bridgehead atoms. The normalized spacial score (nSPS) is 18.1. The summed E-state index contributed by atoms with van der Waals surface area (Å²) in [6.07, 6.45) is -0.300. The van der Waals surface area contributed by atoms with Gasteiger partial charge in [-0.2, -0.15) is 0 Å². The molecule has 1 saturated heterocycles. The number of benzene rings is 1. The van der Waals surface area contributed by atoms with Crippen LogP contribution in [-0.4, -0.2) is 46.1 Å². The predicted molar refractivity (Wildman–Crippen MR) is 81.5 cm³/mol. The van der Waals surface area contributed by atoms with Crippen molar-refractivity contribution in [3.63, 3.8) is 0 Å². The molecule has 3 N–H and O–H groups in total. The van der Waals surface area contributed by atoms with Gasteiger partial charge in [0.25, 0.3) is 5.91 Å². The molecule has 1 atom stereocenters. The number of rotatable bonds is 2. The van der Waals surface area contributed by atoms with E-state index in [1.165, 1.54) is 4.90 Å². The second kappa shape index (κ2) is 5.40. The first kappa shape index (κ1) is 13.9. The molecule has 0 radical (unpaired) electrons. The molecule has 1 aromatic heterocycles. The van der Waals surface area contributed by atoms with Crippen LogP contribution in [0.4, 0.5) is 4.79 Å². The number of likely N-dealkylation sites (tertiary alicyclic amines) is 1. The molecule has 1 fully saturated rings.